The van der Waals surface area contributed by atoms with Gasteiger partial charge in [-0.05, 0) is 26.3 Å². The van der Waals surface area contributed by atoms with Gasteiger partial charge >= 0.3 is 0 Å². The van der Waals surface area contributed by atoms with Gasteiger partial charge in [-0.15, -0.1) is 0 Å². The van der Waals surface area contributed by atoms with Gasteiger partial charge in [-0.1, -0.05) is 39.5 Å². The van der Waals surface area contributed by atoms with E-state index in [1.54, 1.807) is 0 Å². The fourth-order valence-electron chi connectivity index (χ4n) is 1.77. The van der Waals surface area contributed by atoms with Crippen molar-refractivity contribution in [3.8, 4) is 6.07 Å². The van der Waals surface area contributed by atoms with E-state index in [0.29, 0.717) is 6.61 Å². The van der Waals surface area contributed by atoms with Gasteiger partial charge in [0.05, 0.1) is 6.07 Å². The minimum Gasteiger partial charge on any atom is -0.381 e. The van der Waals surface area contributed by atoms with Crippen molar-refractivity contribution in [1.29, 1.82) is 5.26 Å². The maximum atomic E-state index is 9.14. The van der Waals surface area contributed by atoms with Gasteiger partial charge in [0.2, 0.25) is 0 Å². The van der Waals surface area contributed by atoms with Crippen molar-refractivity contribution in [1.82, 2.24) is 5.32 Å². The highest BCUT2D eigenvalue weighted by Crippen LogP contribution is 2.09. The van der Waals surface area contributed by atoms with Gasteiger partial charge in [0, 0.05) is 19.6 Å². The Hall–Kier alpha value is -0.590. The van der Waals surface area contributed by atoms with Gasteiger partial charge in [-0.2, -0.15) is 5.26 Å². The molecule has 18 heavy (non-hydrogen) atoms. The van der Waals surface area contributed by atoms with Crippen LogP contribution in [0.15, 0.2) is 0 Å². The third-order valence-electron chi connectivity index (χ3n) is 3.15. The van der Waals surface area contributed by atoms with Gasteiger partial charge in [0.25, 0.3) is 0 Å². The monoisotopic (exact) mass is 254 g/mol. The molecule has 1 atom stereocenters. The Labute approximate surface area is 113 Å². The highest BCUT2D eigenvalue weighted by atomic mass is 16.5. The van der Waals surface area contributed by atoms with E-state index in [4.69, 9.17) is 10.00 Å². The summed E-state index contributed by atoms with van der Waals surface area (Å²) in [5.41, 5.74) is -0.432. The minimum atomic E-state index is -0.432. The second-order valence-electron chi connectivity index (χ2n) is 5.15. The molecule has 0 bridgehead atoms. The lowest BCUT2D eigenvalue weighted by Crippen LogP contribution is -2.42. The number of nitrogens with one attached hydrogen (secondary N) is 1. The van der Waals surface area contributed by atoms with Gasteiger partial charge in [0.1, 0.15) is 5.54 Å². The van der Waals surface area contributed by atoms with E-state index in [9.17, 15) is 0 Å². The van der Waals surface area contributed by atoms with Crippen molar-refractivity contribution in [2.45, 2.75) is 71.3 Å². The summed E-state index contributed by atoms with van der Waals surface area (Å²) >= 11 is 0. The molecule has 0 radical (unpaired) electrons. The fourth-order valence-corrected chi connectivity index (χ4v) is 1.77. The summed E-state index contributed by atoms with van der Waals surface area (Å²) in [6.07, 6.45) is 8.14. The predicted molar refractivity (Wildman–Crippen MR) is 76.5 cm³/mol. The molecule has 0 saturated heterocycles. The molecule has 1 N–H and O–H groups in total. The molecule has 106 valence electrons. The Morgan fingerprint density at radius 1 is 1.06 bits per heavy atom. The SMILES string of the molecule is CCCCCCCOCCC(C)(C#N)NCCC. The van der Waals surface area contributed by atoms with E-state index < -0.39 is 5.54 Å². The molecule has 0 aliphatic rings. The van der Waals surface area contributed by atoms with Gasteiger partial charge in [-0.3, -0.25) is 5.32 Å². The van der Waals surface area contributed by atoms with Crippen LogP contribution < -0.4 is 5.32 Å². The molecule has 0 aliphatic heterocycles. The molecule has 3 heteroatoms. The summed E-state index contributed by atoms with van der Waals surface area (Å²) in [7, 11) is 0. The Morgan fingerprint density at radius 2 is 1.78 bits per heavy atom. The predicted octanol–water partition coefficient (Wildman–Crippen LogP) is 3.65. The molecular formula is C15H30N2O. The number of ether oxygens (including phenoxy) is 1. The molecule has 0 fully saturated rings. The van der Waals surface area contributed by atoms with E-state index in [1.165, 1.54) is 25.7 Å². The van der Waals surface area contributed by atoms with E-state index in [2.05, 4.69) is 25.2 Å². The van der Waals surface area contributed by atoms with Crippen LogP contribution in [0.5, 0.6) is 0 Å². The number of rotatable bonds is 12. The lowest BCUT2D eigenvalue weighted by Gasteiger charge is -2.22. The van der Waals surface area contributed by atoms with Crippen molar-refractivity contribution in [2.24, 2.45) is 0 Å². The highest BCUT2D eigenvalue weighted by molar-refractivity contribution is 5.03. The normalized spacial score (nSPS) is 14.1. The van der Waals surface area contributed by atoms with Gasteiger partial charge in [0.15, 0.2) is 0 Å². The molecule has 0 heterocycles. The summed E-state index contributed by atoms with van der Waals surface area (Å²) in [6.45, 7) is 8.68. The van der Waals surface area contributed by atoms with Crippen molar-refractivity contribution in [3.63, 3.8) is 0 Å². The highest BCUT2D eigenvalue weighted by Gasteiger charge is 2.21. The zero-order chi connectivity index (χ0) is 13.7. The number of unbranched alkanes of at least 4 members (excludes halogenated alkanes) is 4. The van der Waals surface area contributed by atoms with Crippen molar-refractivity contribution < 1.29 is 4.74 Å². The first-order valence-corrected chi connectivity index (χ1v) is 7.42. The molecule has 0 aromatic heterocycles. The zero-order valence-electron chi connectivity index (χ0n) is 12.4. The topological polar surface area (TPSA) is 45.0 Å². The summed E-state index contributed by atoms with van der Waals surface area (Å²) in [4.78, 5) is 0. The van der Waals surface area contributed by atoms with Crippen molar-refractivity contribution in [3.05, 3.63) is 0 Å². The van der Waals surface area contributed by atoms with E-state index in [0.717, 1.165) is 32.4 Å². The Morgan fingerprint density at radius 3 is 2.39 bits per heavy atom. The Balaban J connectivity index is 3.48. The average Bonchev–Trinajstić information content (AvgIpc) is 2.39. The third-order valence-corrected chi connectivity index (χ3v) is 3.15. The molecular weight excluding hydrogens is 224 g/mol. The molecule has 0 amide bonds. The van der Waals surface area contributed by atoms with E-state index in [1.807, 2.05) is 6.92 Å². The minimum absolute atomic E-state index is 0.432. The summed E-state index contributed by atoms with van der Waals surface area (Å²) in [6, 6.07) is 2.34. The Kier molecular flexibility index (Phi) is 11.1. The molecule has 1 unspecified atom stereocenters. The van der Waals surface area contributed by atoms with Gasteiger partial charge < -0.3 is 4.74 Å². The number of hydrogen-bond acceptors (Lipinski definition) is 3. The quantitative estimate of drug-likeness (QED) is 0.541. The summed E-state index contributed by atoms with van der Waals surface area (Å²) in [5, 5.41) is 12.4. The summed E-state index contributed by atoms with van der Waals surface area (Å²) in [5.74, 6) is 0. The van der Waals surface area contributed by atoms with Crippen LogP contribution in [0.4, 0.5) is 0 Å². The number of hydrogen-bond donors (Lipinski definition) is 1. The van der Waals surface area contributed by atoms with Crippen LogP contribution >= 0.6 is 0 Å². The van der Waals surface area contributed by atoms with E-state index >= 15 is 0 Å². The van der Waals surface area contributed by atoms with Crippen LogP contribution in [-0.4, -0.2) is 25.3 Å². The van der Waals surface area contributed by atoms with Crippen LogP contribution in [0.2, 0.25) is 0 Å². The molecule has 0 saturated carbocycles. The Bertz CT molecular complexity index is 225. The average molecular weight is 254 g/mol. The lowest BCUT2D eigenvalue weighted by atomic mass is 10.0. The van der Waals surface area contributed by atoms with Crippen molar-refractivity contribution >= 4 is 0 Å². The molecule has 0 aromatic carbocycles. The first-order valence-electron chi connectivity index (χ1n) is 7.42. The smallest absolute Gasteiger partial charge is 0.106 e. The summed E-state index contributed by atoms with van der Waals surface area (Å²) < 4.78 is 5.60. The van der Waals surface area contributed by atoms with Gasteiger partial charge in [-0.25, -0.2) is 0 Å². The second-order valence-corrected chi connectivity index (χ2v) is 5.15. The molecule has 0 rings (SSSR count). The number of nitrogens with zero attached hydrogens (tertiary/aromatic N) is 1. The first-order chi connectivity index (χ1) is 8.68. The third kappa shape index (κ3) is 9.44. The standard InChI is InChI=1S/C15H30N2O/c1-4-6-7-8-9-12-18-13-10-15(3,14-16)17-11-5-2/h17H,4-13H2,1-3H3. The molecule has 3 nitrogen and oxygen atoms in total. The largest absolute Gasteiger partial charge is 0.381 e. The molecule has 0 aromatic rings. The lowest BCUT2D eigenvalue weighted by molar-refractivity contribution is 0.114. The van der Waals surface area contributed by atoms with Crippen LogP contribution in [0.1, 0.15) is 65.7 Å². The maximum absolute atomic E-state index is 9.14. The number of nitriles is 1. The first kappa shape index (κ1) is 17.4. The maximum Gasteiger partial charge on any atom is 0.106 e. The second kappa shape index (κ2) is 11.5. The molecule has 0 spiro atoms. The fraction of sp³-hybridized carbons (Fsp3) is 0.933. The van der Waals surface area contributed by atoms with Crippen LogP contribution in [0.3, 0.4) is 0 Å². The zero-order valence-corrected chi connectivity index (χ0v) is 12.4. The van der Waals surface area contributed by atoms with Crippen LogP contribution in [-0.2, 0) is 4.74 Å². The van der Waals surface area contributed by atoms with Crippen LogP contribution in [0, 0.1) is 11.3 Å². The van der Waals surface area contributed by atoms with E-state index in [-0.39, 0.29) is 0 Å². The van der Waals surface area contributed by atoms with Crippen molar-refractivity contribution in [2.75, 3.05) is 19.8 Å². The molecule has 0 aliphatic carbocycles. The van der Waals surface area contributed by atoms with Crippen LogP contribution in [0.25, 0.3) is 0 Å².